The predicted molar refractivity (Wildman–Crippen MR) is 134 cm³/mol. The van der Waals surface area contributed by atoms with Crippen molar-refractivity contribution in [3.05, 3.63) is 54.0 Å². The number of benzene rings is 2. The van der Waals surface area contributed by atoms with Crippen molar-refractivity contribution in [1.29, 1.82) is 0 Å². The summed E-state index contributed by atoms with van der Waals surface area (Å²) in [4.78, 5) is 23.6. The third kappa shape index (κ3) is 5.03. The van der Waals surface area contributed by atoms with Gasteiger partial charge in [-0.3, -0.25) is 0 Å². The van der Waals surface area contributed by atoms with Gasteiger partial charge in [-0.05, 0) is 68.5 Å². The molecule has 8 heteroatoms. The Kier molecular flexibility index (Phi) is 6.99. The second-order valence-electron chi connectivity index (χ2n) is 9.21. The molecule has 2 saturated heterocycles. The van der Waals surface area contributed by atoms with Gasteiger partial charge in [-0.2, -0.15) is 0 Å². The third-order valence-electron chi connectivity index (χ3n) is 7.21. The van der Waals surface area contributed by atoms with Gasteiger partial charge < -0.3 is 24.4 Å². The van der Waals surface area contributed by atoms with Gasteiger partial charge in [-0.15, -0.1) is 0 Å². The minimum atomic E-state index is -0.294. The van der Waals surface area contributed by atoms with Crippen molar-refractivity contribution in [3.63, 3.8) is 0 Å². The summed E-state index contributed by atoms with van der Waals surface area (Å²) in [5.41, 5.74) is 3.12. The zero-order valence-corrected chi connectivity index (χ0v) is 20.3. The van der Waals surface area contributed by atoms with Gasteiger partial charge in [0, 0.05) is 30.5 Å². The van der Waals surface area contributed by atoms with E-state index in [4.69, 9.17) is 14.2 Å². The molecular weight excluding hydrogens is 444 g/mol. The number of piperidine rings is 2. The highest BCUT2D eigenvalue weighted by molar-refractivity contribution is 5.85. The van der Waals surface area contributed by atoms with Crippen LogP contribution in [0.15, 0.2) is 42.7 Å². The van der Waals surface area contributed by atoms with E-state index in [2.05, 4.69) is 27.4 Å². The average molecular weight is 477 g/mol. The Morgan fingerprint density at radius 2 is 1.60 bits per heavy atom. The second-order valence-corrected chi connectivity index (χ2v) is 9.21. The summed E-state index contributed by atoms with van der Waals surface area (Å²) in [6, 6.07) is 11.8. The SMILES string of the molecule is COc1cc2ncnc(C3CCN(C(=O)Oc4ccc(C5CCNCC5)cc4)CC3)c2cc1OC. The molecule has 0 bridgehead atoms. The fraction of sp³-hybridized carbons (Fsp3) is 0.444. The van der Waals surface area contributed by atoms with Gasteiger partial charge in [-0.1, -0.05) is 12.1 Å². The van der Waals surface area contributed by atoms with Crippen LogP contribution in [-0.2, 0) is 0 Å². The summed E-state index contributed by atoms with van der Waals surface area (Å²) >= 11 is 0. The first-order valence-electron chi connectivity index (χ1n) is 12.3. The summed E-state index contributed by atoms with van der Waals surface area (Å²) in [6.07, 6.45) is 5.22. The Labute approximate surface area is 205 Å². The summed E-state index contributed by atoms with van der Waals surface area (Å²) in [7, 11) is 3.24. The van der Waals surface area contributed by atoms with Crippen molar-refractivity contribution < 1.29 is 19.0 Å². The summed E-state index contributed by atoms with van der Waals surface area (Å²) < 4.78 is 16.6. The van der Waals surface area contributed by atoms with Gasteiger partial charge in [0.25, 0.3) is 0 Å². The fourth-order valence-electron chi connectivity index (χ4n) is 5.19. The summed E-state index contributed by atoms with van der Waals surface area (Å²) in [6.45, 7) is 3.36. The van der Waals surface area contributed by atoms with E-state index in [1.807, 2.05) is 24.3 Å². The Morgan fingerprint density at radius 1 is 0.914 bits per heavy atom. The van der Waals surface area contributed by atoms with Crippen molar-refractivity contribution in [2.24, 2.45) is 0 Å². The lowest BCUT2D eigenvalue weighted by Crippen LogP contribution is -2.39. The van der Waals surface area contributed by atoms with Crippen LogP contribution in [0.2, 0.25) is 0 Å². The first kappa shape index (κ1) is 23.4. The molecule has 2 fully saturated rings. The van der Waals surface area contributed by atoms with Crippen LogP contribution in [0.25, 0.3) is 10.9 Å². The van der Waals surface area contributed by atoms with E-state index in [0.717, 1.165) is 55.4 Å². The lowest BCUT2D eigenvalue weighted by Gasteiger charge is -2.31. The van der Waals surface area contributed by atoms with Crippen LogP contribution in [0, 0.1) is 0 Å². The number of amides is 1. The predicted octanol–water partition coefficient (Wildman–Crippen LogP) is 4.49. The standard InChI is InChI=1S/C27H32N4O4/c1-33-24-15-22-23(16-25(24)34-2)29-17-30-26(22)20-9-13-31(14-10-20)27(32)35-21-5-3-18(4-6-21)19-7-11-28-12-8-19/h3-6,15-17,19-20,28H,7-14H2,1-2H3. The molecule has 0 radical (unpaired) electrons. The molecule has 1 aromatic heterocycles. The van der Waals surface area contributed by atoms with Crippen LogP contribution in [0.1, 0.15) is 48.8 Å². The Bertz CT molecular complexity index is 1170. The molecule has 35 heavy (non-hydrogen) atoms. The number of fused-ring (bicyclic) bond motifs is 1. The number of carbonyl (C=O) groups is 1. The van der Waals surface area contributed by atoms with Crippen LogP contribution in [0.5, 0.6) is 17.2 Å². The van der Waals surface area contributed by atoms with Gasteiger partial charge in [0.15, 0.2) is 11.5 Å². The zero-order valence-electron chi connectivity index (χ0n) is 20.3. The molecule has 0 saturated carbocycles. The molecule has 0 unspecified atom stereocenters. The highest BCUT2D eigenvalue weighted by atomic mass is 16.6. The maximum atomic E-state index is 12.8. The number of carbonyl (C=O) groups excluding carboxylic acids is 1. The van der Waals surface area contributed by atoms with Crippen LogP contribution in [0.3, 0.4) is 0 Å². The highest BCUT2D eigenvalue weighted by Gasteiger charge is 2.27. The monoisotopic (exact) mass is 476 g/mol. The average Bonchev–Trinajstić information content (AvgIpc) is 2.93. The van der Waals surface area contributed by atoms with Crippen molar-refractivity contribution in [3.8, 4) is 17.2 Å². The van der Waals surface area contributed by atoms with Gasteiger partial charge in [0.05, 0.1) is 25.4 Å². The lowest BCUT2D eigenvalue weighted by atomic mass is 9.90. The van der Waals surface area contributed by atoms with Crippen molar-refractivity contribution in [2.75, 3.05) is 40.4 Å². The topological polar surface area (TPSA) is 85.8 Å². The number of methoxy groups -OCH3 is 2. The zero-order chi connectivity index (χ0) is 24.2. The number of nitrogens with zero attached hydrogens (tertiary/aromatic N) is 3. The molecule has 5 rings (SSSR count). The Hall–Kier alpha value is -3.39. The molecule has 8 nitrogen and oxygen atoms in total. The molecule has 0 atom stereocenters. The van der Waals surface area contributed by atoms with E-state index in [1.54, 1.807) is 25.4 Å². The van der Waals surface area contributed by atoms with Crippen LogP contribution in [-0.4, -0.2) is 61.4 Å². The van der Waals surface area contributed by atoms with E-state index in [9.17, 15) is 4.79 Å². The van der Waals surface area contributed by atoms with E-state index >= 15 is 0 Å². The van der Waals surface area contributed by atoms with Crippen molar-refractivity contribution >= 4 is 17.0 Å². The first-order chi connectivity index (χ1) is 17.2. The normalized spacial score (nSPS) is 17.4. The number of hydrogen-bond donors (Lipinski definition) is 1. The maximum absolute atomic E-state index is 12.8. The minimum absolute atomic E-state index is 0.229. The van der Waals surface area contributed by atoms with Gasteiger partial charge in [0.2, 0.25) is 0 Å². The molecule has 2 aliphatic rings. The number of likely N-dealkylation sites (tertiary alicyclic amines) is 1. The first-order valence-corrected chi connectivity index (χ1v) is 12.3. The smallest absolute Gasteiger partial charge is 0.415 e. The van der Waals surface area contributed by atoms with Crippen LogP contribution < -0.4 is 19.5 Å². The molecule has 1 amide bonds. The highest BCUT2D eigenvalue weighted by Crippen LogP contribution is 2.37. The van der Waals surface area contributed by atoms with Gasteiger partial charge >= 0.3 is 6.09 Å². The van der Waals surface area contributed by atoms with Gasteiger partial charge in [-0.25, -0.2) is 14.8 Å². The molecule has 2 aromatic carbocycles. The number of ether oxygens (including phenoxy) is 3. The molecule has 0 spiro atoms. The Morgan fingerprint density at radius 3 is 2.29 bits per heavy atom. The van der Waals surface area contributed by atoms with E-state index in [-0.39, 0.29) is 12.0 Å². The minimum Gasteiger partial charge on any atom is -0.493 e. The number of hydrogen-bond acceptors (Lipinski definition) is 7. The quantitative estimate of drug-likeness (QED) is 0.581. The molecule has 0 aliphatic carbocycles. The van der Waals surface area contributed by atoms with E-state index < -0.39 is 0 Å². The Balaban J connectivity index is 1.22. The molecule has 2 aliphatic heterocycles. The van der Waals surface area contributed by atoms with Crippen molar-refractivity contribution in [1.82, 2.24) is 20.2 Å². The molecule has 1 N–H and O–H groups in total. The van der Waals surface area contributed by atoms with E-state index in [1.165, 1.54) is 5.56 Å². The molecule has 3 aromatic rings. The number of nitrogens with one attached hydrogen (secondary N) is 1. The molecule has 184 valence electrons. The largest absolute Gasteiger partial charge is 0.493 e. The van der Waals surface area contributed by atoms with Crippen LogP contribution in [0.4, 0.5) is 4.79 Å². The van der Waals surface area contributed by atoms with E-state index in [0.29, 0.717) is 36.3 Å². The third-order valence-corrected chi connectivity index (χ3v) is 7.21. The fourth-order valence-corrected chi connectivity index (χ4v) is 5.19. The number of rotatable bonds is 5. The summed E-state index contributed by atoms with van der Waals surface area (Å²) in [5.74, 6) is 2.71. The van der Waals surface area contributed by atoms with Gasteiger partial charge in [0.1, 0.15) is 12.1 Å². The van der Waals surface area contributed by atoms with Crippen molar-refractivity contribution in [2.45, 2.75) is 37.5 Å². The second kappa shape index (κ2) is 10.5. The molecule has 3 heterocycles. The maximum Gasteiger partial charge on any atom is 0.415 e. The number of aromatic nitrogens is 2. The van der Waals surface area contributed by atoms with Crippen LogP contribution >= 0.6 is 0 Å². The summed E-state index contributed by atoms with van der Waals surface area (Å²) in [5, 5.41) is 4.36. The molecular formula is C27H32N4O4. The lowest BCUT2D eigenvalue weighted by molar-refractivity contribution is 0.138.